The maximum absolute atomic E-state index is 12.6. The van der Waals surface area contributed by atoms with Gasteiger partial charge in [0.1, 0.15) is 5.75 Å². The number of carbonyl (C=O) groups is 1. The molecule has 0 aromatic heterocycles. The van der Waals surface area contributed by atoms with Gasteiger partial charge < -0.3 is 15.8 Å². The third-order valence-electron chi connectivity index (χ3n) is 3.00. The minimum Gasteiger partial charge on any atom is -0.497 e. The van der Waals surface area contributed by atoms with Gasteiger partial charge >= 0.3 is 6.18 Å². The molecule has 0 saturated heterocycles. The van der Waals surface area contributed by atoms with Crippen molar-refractivity contribution in [1.82, 2.24) is 5.32 Å². The Morgan fingerprint density at radius 3 is 2.50 bits per heavy atom. The number of amides is 1. The van der Waals surface area contributed by atoms with E-state index in [4.69, 9.17) is 10.5 Å². The van der Waals surface area contributed by atoms with Crippen LogP contribution in [0.5, 0.6) is 5.75 Å². The lowest BCUT2D eigenvalue weighted by molar-refractivity contribution is -0.187. The zero-order valence-electron chi connectivity index (χ0n) is 11.4. The number of hydrogen-bond donors (Lipinski definition) is 2. The molecule has 0 saturated carbocycles. The van der Waals surface area contributed by atoms with Crippen LogP contribution in [0.4, 0.5) is 13.2 Å². The second-order valence-electron chi connectivity index (χ2n) is 4.67. The predicted molar refractivity (Wildman–Crippen MR) is 68.2 cm³/mol. The zero-order valence-corrected chi connectivity index (χ0v) is 11.4. The first kappa shape index (κ1) is 16.3. The molecule has 0 aliphatic rings. The number of methoxy groups -OCH3 is 1. The van der Waals surface area contributed by atoms with Gasteiger partial charge in [0, 0.05) is 0 Å². The van der Waals surface area contributed by atoms with Crippen molar-refractivity contribution in [2.24, 2.45) is 5.73 Å². The van der Waals surface area contributed by atoms with E-state index in [1.807, 2.05) is 0 Å². The van der Waals surface area contributed by atoms with E-state index < -0.39 is 23.7 Å². The molecule has 1 rings (SSSR count). The monoisotopic (exact) mass is 290 g/mol. The van der Waals surface area contributed by atoms with Gasteiger partial charge in [0.05, 0.1) is 13.2 Å². The Morgan fingerprint density at radius 2 is 2.00 bits per heavy atom. The van der Waals surface area contributed by atoms with Crippen LogP contribution < -0.4 is 15.8 Å². The lowest BCUT2D eigenvalue weighted by atomic mass is 10.0. The molecule has 4 nitrogen and oxygen atoms in total. The Balaban J connectivity index is 2.85. The third kappa shape index (κ3) is 3.41. The molecule has 1 aromatic carbocycles. The highest BCUT2D eigenvalue weighted by molar-refractivity contribution is 5.86. The van der Waals surface area contributed by atoms with Crippen molar-refractivity contribution in [3.63, 3.8) is 0 Å². The van der Waals surface area contributed by atoms with E-state index in [-0.39, 0.29) is 0 Å². The maximum atomic E-state index is 12.6. The molecule has 0 bridgehead atoms. The van der Waals surface area contributed by atoms with Crippen LogP contribution in [0.1, 0.15) is 25.5 Å². The van der Waals surface area contributed by atoms with E-state index >= 15 is 0 Å². The summed E-state index contributed by atoms with van der Waals surface area (Å²) in [6.07, 6.45) is -4.81. The topological polar surface area (TPSA) is 64.3 Å². The number of nitrogens with two attached hydrogens (primary N) is 1. The molecule has 20 heavy (non-hydrogen) atoms. The molecule has 3 N–H and O–H groups in total. The Hall–Kier alpha value is -1.76. The van der Waals surface area contributed by atoms with Gasteiger partial charge in [-0.05, 0) is 31.5 Å². The van der Waals surface area contributed by atoms with Gasteiger partial charge in [-0.25, -0.2) is 0 Å². The van der Waals surface area contributed by atoms with Gasteiger partial charge in [-0.3, -0.25) is 4.79 Å². The highest BCUT2D eigenvalue weighted by Gasteiger charge is 2.54. The van der Waals surface area contributed by atoms with Gasteiger partial charge in [-0.1, -0.05) is 12.1 Å². The number of halogens is 3. The number of hydrogen-bond acceptors (Lipinski definition) is 3. The van der Waals surface area contributed by atoms with Crippen LogP contribution in [0.15, 0.2) is 24.3 Å². The summed E-state index contributed by atoms with van der Waals surface area (Å²) in [7, 11) is 1.48. The van der Waals surface area contributed by atoms with Crippen molar-refractivity contribution in [2.75, 3.05) is 7.11 Å². The van der Waals surface area contributed by atoms with Crippen LogP contribution in [-0.4, -0.2) is 24.7 Å². The first-order valence-electron chi connectivity index (χ1n) is 5.90. The summed E-state index contributed by atoms with van der Waals surface area (Å²) in [5, 5.41) is 2.25. The molecule has 1 aromatic rings. The summed E-state index contributed by atoms with van der Waals surface area (Å²) in [5.41, 5.74) is 2.75. The molecule has 0 heterocycles. The van der Waals surface area contributed by atoms with Gasteiger partial charge in [0.2, 0.25) is 5.91 Å². The minimum atomic E-state index is -4.81. The van der Waals surface area contributed by atoms with Gasteiger partial charge in [0.15, 0.2) is 5.54 Å². The summed E-state index contributed by atoms with van der Waals surface area (Å²) < 4.78 is 43.0. The quantitative estimate of drug-likeness (QED) is 0.893. The van der Waals surface area contributed by atoms with Crippen molar-refractivity contribution in [1.29, 1.82) is 0 Å². The van der Waals surface area contributed by atoms with Crippen molar-refractivity contribution in [3.05, 3.63) is 29.8 Å². The summed E-state index contributed by atoms with van der Waals surface area (Å²) in [4.78, 5) is 11.7. The zero-order chi connectivity index (χ0) is 15.6. The van der Waals surface area contributed by atoms with E-state index in [0.29, 0.717) is 18.2 Å². The Labute approximate surface area is 115 Å². The average molecular weight is 290 g/mol. The fourth-order valence-corrected chi connectivity index (χ4v) is 1.47. The maximum Gasteiger partial charge on any atom is 0.415 e. The molecule has 0 radical (unpaired) electrons. The van der Waals surface area contributed by atoms with Gasteiger partial charge in [0.25, 0.3) is 0 Å². The number of rotatable bonds is 4. The SMILES string of the molecule is COc1cccc(C(C)NC(=O)C(C)(N)C(F)(F)F)c1. The number of ether oxygens (including phenoxy) is 1. The Kier molecular flexibility index (Phi) is 4.65. The average Bonchev–Trinajstić information content (AvgIpc) is 2.37. The molecule has 1 amide bonds. The second-order valence-corrected chi connectivity index (χ2v) is 4.67. The van der Waals surface area contributed by atoms with Crippen molar-refractivity contribution in [2.45, 2.75) is 31.6 Å². The largest absolute Gasteiger partial charge is 0.497 e. The highest BCUT2D eigenvalue weighted by atomic mass is 19.4. The highest BCUT2D eigenvalue weighted by Crippen LogP contribution is 2.29. The summed E-state index contributed by atoms with van der Waals surface area (Å²) in [6, 6.07) is 6.06. The Bertz CT molecular complexity index is 487. The van der Waals surface area contributed by atoms with Gasteiger partial charge in [-0.2, -0.15) is 13.2 Å². The fraction of sp³-hybridized carbons (Fsp3) is 0.462. The minimum absolute atomic E-state index is 0.551. The first-order valence-corrected chi connectivity index (χ1v) is 5.90. The summed E-state index contributed by atoms with van der Waals surface area (Å²) >= 11 is 0. The molecule has 2 atom stereocenters. The van der Waals surface area contributed by atoms with Gasteiger partial charge in [-0.15, -0.1) is 0 Å². The van der Waals surface area contributed by atoms with E-state index in [2.05, 4.69) is 5.32 Å². The molecule has 0 aliphatic carbocycles. The molecular formula is C13H17F3N2O2. The fourth-order valence-electron chi connectivity index (χ4n) is 1.47. The number of nitrogens with one attached hydrogen (secondary N) is 1. The summed E-state index contributed by atoms with van der Waals surface area (Å²) in [5.74, 6) is -0.727. The smallest absolute Gasteiger partial charge is 0.415 e. The lowest BCUT2D eigenvalue weighted by Gasteiger charge is -2.28. The van der Waals surface area contributed by atoms with Crippen LogP contribution in [0.3, 0.4) is 0 Å². The number of carbonyl (C=O) groups excluding carboxylic acids is 1. The molecule has 0 spiro atoms. The first-order chi connectivity index (χ1) is 9.09. The van der Waals surface area contributed by atoms with Crippen molar-refractivity contribution < 1.29 is 22.7 Å². The van der Waals surface area contributed by atoms with Crippen LogP contribution in [0, 0.1) is 0 Å². The van der Waals surface area contributed by atoms with Crippen LogP contribution >= 0.6 is 0 Å². The normalized spacial score (nSPS) is 16.1. The molecule has 7 heteroatoms. The van der Waals surface area contributed by atoms with Crippen molar-refractivity contribution in [3.8, 4) is 5.75 Å². The molecular weight excluding hydrogens is 273 g/mol. The number of alkyl halides is 3. The Morgan fingerprint density at radius 1 is 1.40 bits per heavy atom. The number of benzene rings is 1. The summed E-state index contributed by atoms with van der Waals surface area (Å²) in [6.45, 7) is 2.21. The van der Waals surface area contributed by atoms with E-state index in [1.54, 1.807) is 31.2 Å². The molecule has 0 fully saturated rings. The molecule has 112 valence electrons. The molecule has 2 unspecified atom stereocenters. The van der Waals surface area contributed by atoms with Crippen LogP contribution in [-0.2, 0) is 4.79 Å². The van der Waals surface area contributed by atoms with Crippen LogP contribution in [0.25, 0.3) is 0 Å². The van der Waals surface area contributed by atoms with E-state index in [9.17, 15) is 18.0 Å². The second kappa shape index (κ2) is 5.70. The van der Waals surface area contributed by atoms with E-state index in [0.717, 1.165) is 0 Å². The molecule has 0 aliphatic heterocycles. The van der Waals surface area contributed by atoms with E-state index in [1.165, 1.54) is 7.11 Å². The predicted octanol–water partition coefficient (Wildman–Crippen LogP) is 2.15. The third-order valence-corrected chi connectivity index (χ3v) is 3.00. The van der Waals surface area contributed by atoms with Crippen LogP contribution in [0.2, 0.25) is 0 Å². The standard InChI is InChI=1S/C13H17F3N2O2/c1-8(9-5-4-6-10(7-9)20-3)18-11(19)12(2,17)13(14,15)16/h4-8H,17H2,1-3H3,(H,18,19). The van der Waals surface area contributed by atoms with Crippen molar-refractivity contribution >= 4 is 5.91 Å². The lowest BCUT2D eigenvalue weighted by Crippen LogP contribution is -2.61.